The molecule has 7 heteroatoms. The molecule has 0 bridgehead atoms. The van der Waals surface area contributed by atoms with E-state index in [4.69, 9.17) is 16.3 Å². The Labute approximate surface area is 142 Å². The molecule has 0 aliphatic heterocycles. The first kappa shape index (κ1) is 15.9. The lowest BCUT2D eigenvalue weighted by Crippen LogP contribution is -2.06. The summed E-state index contributed by atoms with van der Waals surface area (Å²) in [6.45, 7) is 2.08. The number of esters is 1. The lowest BCUT2D eigenvalue weighted by Gasteiger charge is -2.02. The number of nitrogens with zero attached hydrogens (tertiary/aromatic N) is 1. The smallest absolute Gasteiger partial charge is 0.358 e. The summed E-state index contributed by atoms with van der Waals surface area (Å²) in [7, 11) is 0. The van der Waals surface area contributed by atoms with Crippen molar-refractivity contribution in [3.05, 3.63) is 40.0 Å². The van der Waals surface area contributed by atoms with Gasteiger partial charge in [-0.3, -0.25) is 0 Å². The predicted octanol–water partition coefficient (Wildman–Crippen LogP) is 5.43. The number of hydrogen-bond donors (Lipinski definition) is 0. The first-order chi connectivity index (χ1) is 9.52. The molecule has 0 unspecified atom stereocenters. The van der Waals surface area contributed by atoms with Crippen molar-refractivity contribution in [2.45, 2.75) is 10.7 Å². The van der Waals surface area contributed by atoms with Crippen LogP contribution in [-0.2, 0) is 4.74 Å². The average Bonchev–Trinajstić information content (AvgIpc) is 2.84. The maximum Gasteiger partial charge on any atom is 0.358 e. The Morgan fingerprint density at radius 3 is 2.85 bits per heavy atom. The fourth-order valence-corrected chi connectivity index (χ4v) is 3.45. The van der Waals surface area contributed by atoms with Crippen LogP contribution >= 0.6 is 54.8 Å². The highest BCUT2D eigenvalue weighted by atomic mass is 79.9. The summed E-state index contributed by atoms with van der Waals surface area (Å²) in [4.78, 5) is 17.1. The molecule has 1 heterocycles. The Kier molecular flexibility index (Phi) is 5.60. The summed E-state index contributed by atoms with van der Waals surface area (Å²) < 4.78 is 4.94. The second-order valence-corrected chi connectivity index (χ2v) is 8.29. The Hall–Kier alpha value is -0.430. The second-order valence-electron chi connectivity index (χ2n) is 3.76. The van der Waals surface area contributed by atoms with Crippen LogP contribution in [0.1, 0.15) is 26.2 Å². The van der Waals surface area contributed by atoms with Crippen LogP contribution in [0.4, 0.5) is 0 Å². The van der Waals surface area contributed by atoms with Crippen LogP contribution in [0, 0.1) is 0 Å². The molecule has 0 saturated carbocycles. The van der Waals surface area contributed by atoms with E-state index in [0.29, 0.717) is 17.3 Å². The first-order valence-electron chi connectivity index (χ1n) is 5.74. The first-order valence-corrected chi connectivity index (χ1v) is 8.77. The van der Waals surface area contributed by atoms with Gasteiger partial charge in [-0.1, -0.05) is 55.6 Å². The normalized spacial score (nSPS) is 10.8. The summed E-state index contributed by atoms with van der Waals surface area (Å²) in [5.74, 6) is -0.425. The topological polar surface area (TPSA) is 39.2 Å². The predicted molar refractivity (Wildman–Crippen MR) is 89.1 cm³/mol. The number of alkyl halides is 2. The fourth-order valence-electron chi connectivity index (χ4n) is 1.59. The minimum atomic E-state index is -0.425. The number of carbonyl (C=O) groups excluding carboxylic acids is 1. The standard InChI is InChI=1S/C13H10Br2ClNO2S/c1-2-19-13(18)9-10(20-12(17-9)11(14)15)7-4-3-5-8(16)6-7/h3-6,11H,2H2,1H3. The number of carbonyl (C=O) groups is 1. The molecule has 3 nitrogen and oxygen atoms in total. The van der Waals surface area contributed by atoms with Gasteiger partial charge >= 0.3 is 5.97 Å². The largest absolute Gasteiger partial charge is 0.461 e. The Morgan fingerprint density at radius 1 is 1.50 bits per heavy atom. The second kappa shape index (κ2) is 7.02. The van der Waals surface area contributed by atoms with E-state index in [1.54, 1.807) is 19.1 Å². The third-order valence-electron chi connectivity index (χ3n) is 2.39. The minimum absolute atomic E-state index is 0.110. The highest BCUT2D eigenvalue weighted by Gasteiger charge is 2.22. The molecule has 0 aliphatic carbocycles. The number of thiazole rings is 1. The molecule has 20 heavy (non-hydrogen) atoms. The van der Waals surface area contributed by atoms with Crippen LogP contribution in [0.5, 0.6) is 0 Å². The lowest BCUT2D eigenvalue weighted by atomic mass is 10.1. The monoisotopic (exact) mass is 437 g/mol. The summed E-state index contributed by atoms with van der Waals surface area (Å²) >= 11 is 14.2. The Bertz CT molecular complexity index is 631. The van der Waals surface area contributed by atoms with Crippen molar-refractivity contribution < 1.29 is 9.53 Å². The van der Waals surface area contributed by atoms with Crippen molar-refractivity contribution in [1.82, 2.24) is 4.98 Å². The number of hydrogen-bond acceptors (Lipinski definition) is 4. The summed E-state index contributed by atoms with van der Waals surface area (Å²) in [6, 6.07) is 7.32. The van der Waals surface area contributed by atoms with Crippen LogP contribution < -0.4 is 0 Å². The van der Waals surface area contributed by atoms with Crippen molar-refractivity contribution in [3.63, 3.8) is 0 Å². The van der Waals surface area contributed by atoms with Crippen molar-refractivity contribution in [2.24, 2.45) is 0 Å². The summed E-state index contributed by atoms with van der Waals surface area (Å²) in [5, 5.41) is 1.37. The summed E-state index contributed by atoms with van der Waals surface area (Å²) in [6.07, 6.45) is 0. The third-order valence-corrected chi connectivity index (χ3v) is 5.26. The van der Waals surface area contributed by atoms with Crippen LogP contribution in [0.3, 0.4) is 0 Å². The minimum Gasteiger partial charge on any atom is -0.461 e. The molecular formula is C13H10Br2ClNO2S. The van der Waals surface area contributed by atoms with Crippen LogP contribution in [0.25, 0.3) is 10.4 Å². The number of halogens is 3. The van der Waals surface area contributed by atoms with Crippen LogP contribution in [0.15, 0.2) is 24.3 Å². The van der Waals surface area contributed by atoms with E-state index in [2.05, 4.69) is 36.8 Å². The van der Waals surface area contributed by atoms with Gasteiger partial charge < -0.3 is 4.74 Å². The molecule has 1 aromatic heterocycles. The van der Waals surface area contributed by atoms with Gasteiger partial charge in [-0.25, -0.2) is 9.78 Å². The van der Waals surface area contributed by atoms with E-state index < -0.39 is 5.97 Å². The zero-order valence-corrected chi connectivity index (χ0v) is 15.1. The summed E-state index contributed by atoms with van der Waals surface area (Å²) in [5.41, 5.74) is 1.17. The quantitative estimate of drug-likeness (QED) is 0.471. The zero-order valence-electron chi connectivity index (χ0n) is 10.4. The Morgan fingerprint density at radius 2 is 2.25 bits per heavy atom. The molecule has 0 N–H and O–H groups in total. The van der Waals surface area contributed by atoms with E-state index in [1.165, 1.54) is 11.3 Å². The third kappa shape index (κ3) is 3.61. The number of rotatable bonds is 4. The van der Waals surface area contributed by atoms with Gasteiger partial charge in [0.1, 0.15) is 8.74 Å². The highest BCUT2D eigenvalue weighted by Crippen LogP contribution is 2.39. The Balaban J connectivity index is 2.52. The van der Waals surface area contributed by atoms with Crippen molar-refractivity contribution in [2.75, 3.05) is 6.61 Å². The zero-order chi connectivity index (χ0) is 14.7. The van der Waals surface area contributed by atoms with Crippen LogP contribution in [0.2, 0.25) is 5.02 Å². The van der Waals surface area contributed by atoms with E-state index in [0.717, 1.165) is 15.4 Å². The molecule has 0 atom stereocenters. The average molecular weight is 440 g/mol. The molecule has 1 aromatic carbocycles. The van der Waals surface area contributed by atoms with Crippen molar-refractivity contribution >= 4 is 60.8 Å². The molecule has 0 aliphatic rings. The van der Waals surface area contributed by atoms with Gasteiger partial charge in [-0.05, 0) is 24.6 Å². The van der Waals surface area contributed by atoms with E-state index in [-0.39, 0.29) is 3.74 Å². The SMILES string of the molecule is CCOC(=O)c1nc(C(Br)Br)sc1-c1cccc(Cl)c1. The van der Waals surface area contributed by atoms with E-state index in [1.807, 2.05) is 12.1 Å². The van der Waals surface area contributed by atoms with E-state index in [9.17, 15) is 4.79 Å². The molecular weight excluding hydrogens is 429 g/mol. The molecule has 2 rings (SSSR count). The van der Waals surface area contributed by atoms with Crippen LogP contribution in [-0.4, -0.2) is 17.6 Å². The molecule has 0 spiro atoms. The number of ether oxygens (including phenoxy) is 1. The molecule has 0 amide bonds. The van der Waals surface area contributed by atoms with E-state index >= 15 is 0 Å². The van der Waals surface area contributed by atoms with Gasteiger partial charge in [-0.2, -0.15) is 0 Å². The van der Waals surface area contributed by atoms with Crippen molar-refractivity contribution in [3.8, 4) is 10.4 Å². The molecule has 0 saturated heterocycles. The maximum absolute atomic E-state index is 12.0. The maximum atomic E-state index is 12.0. The van der Waals surface area contributed by atoms with Gasteiger partial charge in [-0.15, -0.1) is 11.3 Å². The number of aromatic nitrogens is 1. The lowest BCUT2D eigenvalue weighted by molar-refractivity contribution is 0.0521. The number of benzene rings is 1. The van der Waals surface area contributed by atoms with Gasteiger partial charge in [0.2, 0.25) is 0 Å². The van der Waals surface area contributed by atoms with Gasteiger partial charge in [0.25, 0.3) is 0 Å². The molecule has 106 valence electrons. The molecule has 0 radical (unpaired) electrons. The fraction of sp³-hybridized carbons (Fsp3) is 0.231. The molecule has 0 fully saturated rings. The van der Waals surface area contributed by atoms with Gasteiger partial charge in [0.05, 0.1) is 11.5 Å². The van der Waals surface area contributed by atoms with Crippen molar-refractivity contribution in [1.29, 1.82) is 0 Å². The van der Waals surface area contributed by atoms with Gasteiger partial charge in [0, 0.05) is 5.02 Å². The molecule has 2 aromatic rings. The highest BCUT2D eigenvalue weighted by molar-refractivity contribution is 9.24. The van der Waals surface area contributed by atoms with Gasteiger partial charge in [0.15, 0.2) is 5.69 Å².